The van der Waals surface area contributed by atoms with Gasteiger partial charge in [0.2, 0.25) is 0 Å². The highest BCUT2D eigenvalue weighted by Gasteiger charge is 2.25. The first-order valence-electron chi connectivity index (χ1n) is 6.10. The number of carbonyl (C=O) groups is 2. The Labute approximate surface area is 125 Å². The van der Waals surface area contributed by atoms with Crippen LogP contribution in [0, 0.1) is 13.8 Å². The number of carbonyl (C=O) groups excluding carboxylic acids is 1. The third-order valence-electron chi connectivity index (χ3n) is 3.20. The van der Waals surface area contributed by atoms with Crippen LogP contribution in [0.2, 0.25) is 0 Å². The van der Waals surface area contributed by atoms with Gasteiger partial charge in [-0.25, -0.2) is 4.79 Å². The lowest BCUT2D eigenvalue weighted by Gasteiger charge is -2.17. The van der Waals surface area contributed by atoms with E-state index in [2.05, 4.69) is 4.37 Å². The fourth-order valence-electron chi connectivity index (χ4n) is 1.96. The van der Waals surface area contributed by atoms with Gasteiger partial charge in [0.05, 0.1) is 5.69 Å². The van der Waals surface area contributed by atoms with Gasteiger partial charge in [-0.15, -0.1) is 0 Å². The van der Waals surface area contributed by atoms with Crippen molar-refractivity contribution in [2.75, 3.05) is 11.9 Å². The molecule has 0 radical (unpaired) electrons. The van der Waals surface area contributed by atoms with Gasteiger partial charge in [0.15, 0.2) is 0 Å². The predicted molar refractivity (Wildman–Crippen MR) is 79.4 cm³/mol. The number of rotatable bonds is 3. The van der Waals surface area contributed by atoms with Gasteiger partial charge >= 0.3 is 5.97 Å². The molecule has 0 atom stereocenters. The van der Waals surface area contributed by atoms with Crippen LogP contribution in [0.1, 0.15) is 32.0 Å². The van der Waals surface area contributed by atoms with Gasteiger partial charge < -0.3 is 15.1 Å². The van der Waals surface area contributed by atoms with Gasteiger partial charge in [-0.2, -0.15) is 4.37 Å². The molecule has 0 bridgehead atoms. The molecule has 1 amide bonds. The molecule has 2 N–H and O–H groups in total. The zero-order valence-electron chi connectivity index (χ0n) is 11.7. The van der Waals surface area contributed by atoms with E-state index in [-0.39, 0.29) is 16.3 Å². The molecule has 1 aromatic carbocycles. The zero-order valence-corrected chi connectivity index (χ0v) is 12.6. The highest BCUT2D eigenvalue weighted by Crippen LogP contribution is 2.30. The molecule has 110 valence electrons. The summed E-state index contributed by atoms with van der Waals surface area (Å²) in [6, 6.07) is 4.65. The number of aryl methyl sites for hydroxylation is 1. The summed E-state index contributed by atoms with van der Waals surface area (Å²) in [7, 11) is 1.49. The van der Waals surface area contributed by atoms with Crippen molar-refractivity contribution in [2.24, 2.45) is 0 Å². The van der Waals surface area contributed by atoms with Crippen LogP contribution in [0.15, 0.2) is 18.2 Å². The molecule has 7 heteroatoms. The zero-order chi connectivity index (χ0) is 15.7. The summed E-state index contributed by atoms with van der Waals surface area (Å²) in [5.74, 6) is -1.49. The van der Waals surface area contributed by atoms with Gasteiger partial charge in [-0.3, -0.25) is 4.79 Å². The number of aromatic hydroxyl groups is 1. The second kappa shape index (κ2) is 5.53. The van der Waals surface area contributed by atoms with Crippen molar-refractivity contribution < 1.29 is 19.8 Å². The molecule has 0 fully saturated rings. The van der Waals surface area contributed by atoms with E-state index in [1.807, 2.05) is 0 Å². The fourth-order valence-corrected chi connectivity index (χ4v) is 2.81. The molecular formula is C14H14N2O4S. The third kappa shape index (κ3) is 2.59. The summed E-state index contributed by atoms with van der Waals surface area (Å²) in [6.07, 6.45) is 0. The predicted octanol–water partition coefficient (Wildman–Crippen LogP) is 2.44. The molecule has 0 unspecified atom stereocenters. The highest BCUT2D eigenvalue weighted by molar-refractivity contribution is 7.11. The summed E-state index contributed by atoms with van der Waals surface area (Å²) in [4.78, 5) is 25.0. The number of anilines is 1. The van der Waals surface area contributed by atoms with Crippen LogP contribution in [0.3, 0.4) is 0 Å². The first-order chi connectivity index (χ1) is 9.84. The monoisotopic (exact) mass is 306 g/mol. The van der Waals surface area contributed by atoms with E-state index in [9.17, 15) is 19.8 Å². The van der Waals surface area contributed by atoms with Crippen molar-refractivity contribution in [1.82, 2.24) is 4.37 Å². The van der Waals surface area contributed by atoms with E-state index in [1.165, 1.54) is 18.0 Å². The van der Waals surface area contributed by atoms with E-state index in [1.54, 1.807) is 26.0 Å². The smallest absolute Gasteiger partial charge is 0.340 e. The number of nitrogens with zero attached hydrogens (tertiary/aromatic N) is 2. The average molecular weight is 306 g/mol. The number of phenolic OH excluding ortho intramolecular Hbond substituents is 1. The molecule has 21 heavy (non-hydrogen) atoms. The lowest BCUT2D eigenvalue weighted by Crippen LogP contribution is -2.27. The van der Waals surface area contributed by atoms with Gasteiger partial charge in [0.25, 0.3) is 5.91 Å². The minimum Gasteiger partial charge on any atom is -0.508 e. The van der Waals surface area contributed by atoms with Gasteiger partial charge in [-0.1, -0.05) is 6.07 Å². The number of aromatic carboxylic acids is 1. The minimum absolute atomic E-state index is 0.0215. The van der Waals surface area contributed by atoms with E-state index in [0.717, 1.165) is 11.5 Å². The fraction of sp³-hybridized carbons (Fsp3) is 0.214. The van der Waals surface area contributed by atoms with Crippen LogP contribution in [-0.2, 0) is 0 Å². The molecule has 0 saturated carbocycles. The summed E-state index contributed by atoms with van der Waals surface area (Å²) >= 11 is 0.957. The Morgan fingerprint density at radius 2 is 1.95 bits per heavy atom. The van der Waals surface area contributed by atoms with Crippen LogP contribution in [0.4, 0.5) is 5.00 Å². The van der Waals surface area contributed by atoms with Crippen molar-refractivity contribution in [3.05, 3.63) is 40.6 Å². The molecule has 1 heterocycles. The minimum atomic E-state index is -1.12. The summed E-state index contributed by atoms with van der Waals surface area (Å²) in [5, 5.41) is 19.2. The summed E-state index contributed by atoms with van der Waals surface area (Å²) in [5.41, 5.74) is 1.16. The van der Waals surface area contributed by atoms with Gasteiger partial charge in [0, 0.05) is 18.2 Å². The Hall–Kier alpha value is -2.41. The maximum absolute atomic E-state index is 12.5. The van der Waals surface area contributed by atoms with Crippen molar-refractivity contribution in [3.8, 4) is 5.75 Å². The molecule has 0 saturated heterocycles. The number of hydrogen-bond acceptors (Lipinski definition) is 5. The lowest BCUT2D eigenvalue weighted by atomic mass is 10.1. The van der Waals surface area contributed by atoms with E-state index in [4.69, 9.17) is 0 Å². The number of carboxylic acid groups (broad SMARTS) is 1. The molecule has 0 spiro atoms. The second-order valence-electron chi connectivity index (χ2n) is 4.57. The maximum atomic E-state index is 12.5. The SMILES string of the molecule is Cc1nsc(N(C)C(=O)c2cccc(O)c2C)c1C(=O)O. The summed E-state index contributed by atoms with van der Waals surface area (Å²) < 4.78 is 3.99. The molecular weight excluding hydrogens is 292 g/mol. The molecule has 1 aromatic heterocycles. The van der Waals surface area contributed by atoms with Crippen LogP contribution >= 0.6 is 11.5 Å². The van der Waals surface area contributed by atoms with Crippen molar-refractivity contribution in [1.29, 1.82) is 0 Å². The number of hydrogen-bond donors (Lipinski definition) is 2. The average Bonchev–Trinajstić information content (AvgIpc) is 2.82. The van der Waals surface area contributed by atoms with Gasteiger partial charge in [-0.05, 0) is 37.5 Å². The topological polar surface area (TPSA) is 90.7 Å². The van der Waals surface area contributed by atoms with Crippen molar-refractivity contribution in [2.45, 2.75) is 13.8 Å². The molecule has 0 aliphatic heterocycles. The van der Waals surface area contributed by atoms with E-state index < -0.39 is 11.9 Å². The van der Waals surface area contributed by atoms with E-state index >= 15 is 0 Å². The molecule has 0 aliphatic rings. The van der Waals surface area contributed by atoms with Crippen LogP contribution in [0.5, 0.6) is 5.75 Å². The number of amides is 1. The quantitative estimate of drug-likeness (QED) is 0.909. The number of phenols is 1. The Morgan fingerprint density at radius 3 is 2.57 bits per heavy atom. The molecule has 6 nitrogen and oxygen atoms in total. The first-order valence-corrected chi connectivity index (χ1v) is 6.88. The maximum Gasteiger partial charge on any atom is 0.340 e. The van der Waals surface area contributed by atoms with Crippen molar-refractivity contribution in [3.63, 3.8) is 0 Å². The number of carboxylic acids is 1. The molecule has 2 rings (SSSR count). The standard InChI is InChI=1S/C14H14N2O4S/c1-7-9(5-4-6-10(7)17)12(18)16(3)13-11(14(19)20)8(2)15-21-13/h4-6,17H,1-3H3,(H,19,20). The summed E-state index contributed by atoms with van der Waals surface area (Å²) in [6.45, 7) is 3.22. The third-order valence-corrected chi connectivity index (χ3v) is 4.22. The van der Waals surface area contributed by atoms with Crippen molar-refractivity contribution >= 4 is 28.4 Å². The van der Waals surface area contributed by atoms with Crippen LogP contribution in [0.25, 0.3) is 0 Å². The van der Waals surface area contributed by atoms with Crippen LogP contribution in [-0.4, -0.2) is 33.5 Å². The Balaban J connectivity index is 2.45. The van der Waals surface area contributed by atoms with Gasteiger partial charge in [0.1, 0.15) is 16.3 Å². The Morgan fingerprint density at radius 1 is 1.29 bits per heavy atom. The highest BCUT2D eigenvalue weighted by atomic mass is 32.1. The lowest BCUT2D eigenvalue weighted by molar-refractivity contribution is 0.0697. The molecule has 2 aromatic rings. The van der Waals surface area contributed by atoms with E-state index in [0.29, 0.717) is 16.8 Å². The van der Waals surface area contributed by atoms with Crippen LogP contribution < -0.4 is 4.90 Å². The normalized spacial score (nSPS) is 10.4. The Bertz CT molecular complexity index is 724. The number of benzene rings is 1. The molecule has 0 aliphatic carbocycles. The largest absolute Gasteiger partial charge is 0.508 e. The Kier molecular flexibility index (Phi) is 3.95. The first kappa shape index (κ1) is 15.0. The second-order valence-corrected chi connectivity index (χ2v) is 5.32. The number of aromatic nitrogens is 1.